The van der Waals surface area contributed by atoms with Gasteiger partial charge in [0.25, 0.3) is 0 Å². The molecule has 104 valence electrons. The maximum atomic E-state index is 12.3. The lowest BCUT2D eigenvalue weighted by Crippen LogP contribution is -2.43. The number of aliphatic hydroxyl groups is 1. The molecule has 1 saturated carbocycles. The molecule has 0 aliphatic heterocycles. The van der Waals surface area contributed by atoms with E-state index < -0.39 is 5.41 Å². The number of nitrogens with one attached hydrogen (secondary N) is 1. The van der Waals surface area contributed by atoms with E-state index >= 15 is 0 Å². The topological polar surface area (TPSA) is 49.3 Å². The Morgan fingerprint density at radius 1 is 1.47 bits per heavy atom. The second-order valence-electron chi connectivity index (χ2n) is 5.98. The zero-order valence-electron chi connectivity index (χ0n) is 11.4. The fraction of sp³-hybridized carbons (Fsp3) is 0.533. The molecule has 1 aromatic carbocycles. The van der Waals surface area contributed by atoms with Crippen molar-refractivity contribution in [2.75, 3.05) is 13.2 Å². The van der Waals surface area contributed by atoms with Crippen LogP contribution in [0.15, 0.2) is 24.3 Å². The average Bonchev–Trinajstić information content (AvgIpc) is 3.16. The third-order valence-electron chi connectivity index (χ3n) is 4.03. The Morgan fingerprint density at radius 3 is 2.68 bits per heavy atom. The van der Waals surface area contributed by atoms with E-state index in [1.807, 2.05) is 32.0 Å². The van der Waals surface area contributed by atoms with Gasteiger partial charge in [-0.15, -0.1) is 0 Å². The molecule has 0 unspecified atom stereocenters. The van der Waals surface area contributed by atoms with Gasteiger partial charge in [-0.05, 0) is 44.4 Å². The van der Waals surface area contributed by atoms with E-state index in [4.69, 9.17) is 11.6 Å². The summed E-state index contributed by atoms with van der Waals surface area (Å²) in [6, 6.07) is 7.37. The monoisotopic (exact) mass is 281 g/mol. The molecule has 0 bridgehead atoms. The fourth-order valence-electron chi connectivity index (χ4n) is 2.06. The predicted octanol–water partition coefficient (Wildman–Crippen LogP) is 2.51. The summed E-state index contributed by atoms with van der Waals surface area (Å²) in [5.41, 5.74) is 0.197. The van der Waals surface area contributed by atoms with Crippen molar-refractivity contribution in [3.8, 4) is 0 Å². The Morgan fingerprint density at radius 2 is 2.16 bits per heavy atom. The molecule has 4 heteroatoms. The summed E-state index contributed by atoms with van der Waals surface area (Å²) in [5.74, 6) is -0.0329. The highest BCUT2D eigenvalue weighted by Crippen LogP contribution is 2.44. The van der Waals surface area contributed by atoms with Gasteiger partial charge in [0, 0.05) is 17.0 Å². The molecule has 1 fully saturated rings. The van der Waals surface area contributed by atoms with Crippen molar-refractivity contribution in [1.29, 1.82) is 0 Å². The zero-order chi connectivity index (χ0) is 14.1. The summed E-state index contributed by atoms with van der Waals surface area (Å²) in [6.45, 7) is 4.45. The molecule has 1 amide bonds. The standard InChI is InChI=1S/C15H20ClNO2/c1-14(2,11-4-3-5-12(16)8-11)13(19)17-9-15(10-18)6-7-15/h3-5,8,18H,6-7,9-10H2,1-2H3,(H,17,19). The van der Waals surface area contributed by atoms with Crippen molar-refractivity contribution >= 4 is 17.5 Å². The van der Waals surface area contributed by atoms with Crippen molar-refractivity contribution in [1.82, 2.24) is 5.32 Å². The van der Waals surface area contributed by atoms with Crippen LogP contribution in [0.5, 0.6) is 0 Å². The van der Waals surface area contributed by atoms with Gasteiger partial charge in [0.1, 0.15) is 0 Å². The van der Waals surface area contributed by atoms with Crippen LogP contribution in [-0.4, -0.2) is 24.2 Å². The quantitative estimate of drug-likeness (QED) is 0.871. The first kappa shape index (κ1) is 14.4. The lowest BCUT2D eigenvalue weighted by Gasteiger charge is -2.25. The Hall–Kier alpha value is -1.06. The average molecular weight is 282 g/mol. The number of aliphatic hydroxyl groups excluding tert-OH is 1. The van der Waals surface area contributed by atoms with E-state index in [1.54, 1.807) is 6.07 Å². The number of halogens is 1. The first-order valence-electron chi connectivity index (χ1n) is 6.55. The zero-order valence-corrected chi connectivity index (χ0v) is 12.1. The highest BCUT2D eigenvalue weighted by atomic mass is 35.5. The molecule has 1 aliphatic rings. The minimum atomic E-state index is -0.629. The number of hydrogen-bond acceptors (Lipinski definition) is 2. The summed E-state index contributed by atoms with van der Waals surface area (Å²) in [5, 5.41) is 12.8. The number of amides is 1. The van der Waals surface area contributed by atoms with Gasteiger partial charge < -0.3 is 10.4 Å². The van der Waals surface area contributed by atoms with E-state index in [0.29, 0.717) is 11.6 Å². The van der Waals surface area contributed by atoms with Gasteiger partial charge in [0.15, 0.2) is 0 Å². The molecule has 19 heavy (non-hydrogen) atoms. The largest absolute Gasteiger partial charge is 0.396 e. The lowest BCUT2D eigenvalue weighted by atomic mass is 9.83. The van der Waals surface area contributed by atoms with E-state index in [1.165, 1.54) is 0 Å². The summed E-state index contributed by atoms with van der Waals surface area (Å²) in [7, 11) is 0. The van der Waals surface area contributed by atoms with Crippen LogP contribution in [0.4, 0.5) is 0 Å². The van der Waals surface area contributed by atoms with Crippen molar-refractivity contribution < 1.29 is 9.90 Å². The van der Waals surface area contributed by atoms with Crippen molar-refractivity contribution in [3.05, 3.63) is 34.9 Å². The molecule has 0 atom stereocenters. The Kier molecular flexibility index (Phi) is 3.88. The van der Waals surface area contributed by atoms with Crippen molar-refractivity contribution in [3.63, 3.8) is 0 Å². The van der Waals surface area contributed by atoms with Crippen LogP contribution in [0.3, 0.4) is 0 Å². The highest BCUT2D eigenvalue weighted by Gasteiger charge is 2.43. The van der Waals surface area contributed by atoms with Crippen molar-refractivity contribution in [2.45, 2.75) is 32.1 Å². The van der Waals surface area contributed by atoms with Crippen LogP contribution in [0.1, 0.15) is 32.3 Å². The van der Waals surface area contributed by atoms with Gasteiger partial charge in [-0.1, -0.05) is 23.7 Å². The second kappa shape index (κ2) is 5.14. The molecule has 1 aliphatic carbocycles. The SMILES string of the molecule is CC(C)(C(=O)NCC1(CO)CC1)c1cccc(Cl)c1. The molecule has 3 nitrogen and oxygen atoms in total. The first-order valence-corrected chi connectivity index (χ1v) is 6.93. The Balaban J connectivity index is 2.04. The summed E-state index contributed by atoms with van der Waals surface area (Å²) >= 11 is 5.97. The van der Waals surface area contributed by atoms with Gasteiger partial charge in [0.2, 0.25) is 5.91 Å². The second-order valence-corrected chi connectivity index (χ2v) is 6.41. The van der Waals surface area contributed by atoms with Crippen molar-refractivity contribution in [2.24, 2.45) is 5.41 Å². The van der Waals surface area contributed by atoms with Crippen LogP contribution in [0, 0.1) is 5.41 Å². The summed E-state index contributed by atoms with van der Waals surface area (Å²) < 4.78 is 0. The van der Waals surface area contributed by atoms with Crippen LogP contribution < -0.4 is 5.32 Å². The molecule has 0 heterocycles. The molecule has 0 saturated heterocycles. The molecular weight excluding hydrogens is 262 g/mol. The smallest absolute Gasteiger partial charge is 0.230 e. The Labute approximate surface area is 119 Å². The van der Waals surface area contributed by atoms with Crippen LogP contribution in [0.2, 0.25) is 5.02 Å². The molecule has 1 aromatic rings. The van der Waals surface area contributed by atoms with Gasteiger partial charge in [-0.3, -0.25) is 4.79 Å². The molecule has 2 rings (SSSR count). The van der Waals surface area contributed by atoms with Gasteiger partial charge >= 0.3 is 0 Å². The molecule has 2 N–H and O–H groups in total. The number of benzene rings is 1. The van der Waals surface area contributed by atoms with Gasteiger partial charge in [-0.25, -0.2) is 0 Å². The third-order valence-corrected chi connectivity index (χ3v) is 4.27. The maximum absolute atomic E-state index is 12.3. The first-order chi connectivity index (χ1) is 8.89. The number of carbonyl (C=O) groups excluding carboxylic acids is 1. The van der Waals surface area contributed by atoms with E-state index in [-0.39, 0.29) is 17.9 Å². The Bertz CT molecular complexity index is 481. The highest BCUT2D eigenvalue weighted by molar-refractivity contribution is 6.30. The normalized spacial score (nSPS) is 17.1. The number of carbonyl (C=O) groups is 1. The van der Waals surface area contributed by atoms with Crippen LogP contribution in [-0.2, 0) is 10.2 Å². The van der Waals surface area contributed by atoms with Crippen LogP contribution in [0.25, 0.3) is 0 Å². The summed E-state index contributed by atoms with van der Waals surface area (Å²) in [6.07, 6.45) is 1.97. The molecule has 0 spiro atoms. The molecular formula is C15H20ClNO2. The van der Waals surface area contributed by atoms with E-state index in [2.05, 4.69) is 5.32 Å². The van der Waals surface area contributed by atoms with Gasteiger partial charge in [0.05, 0.1) is 12.0 Å². The lowest BCUT2D eigenvalue weighted by molar-refractivity contribution is -0.126. The maximum Gasteiger partial charge on any atom is 0.230 e. The van der Waals surface area contributed by atoms with E-state index in [9.17, 15) is 9.90 Å². The minimum Gasteiger partial charge on any atom is -0.396 e. The summed E-state index contributed by atoms with van der Waals surface area (Å²) in [4.78, 5) is 12.3. The van der Waals surface area contributed by atoms with Gasteiger partial charge in [-0.2, -0.15) is 0 Å². The third kappa shape index (κ3) is 3.10. The predicted molar refractivity (Wildman–Crippen MR) is 76.2 cm³/mol. The molecule has 0 radical (unpaired) electrons. The minimum absolute atomic E-state index is 0.0329. The number of rotatable bonds is 5. The molecule has 0 aromatic heterocycles. The van der Waals surface area contributed by atoms with E-state index in [0.717, 1.165) is 18.4 Å². The van der Waals surface area contributed by atoms with Crippen LogP contribution >= 0.6 is 11.6 Å². The fourth-order valence-corrected chi connectivity index (χ4v) is 2.25. The number of hydrogen-bond donors (Lipinski definition) is 2.